The Balaban J connectivity index is 2.99. The Morgan fingerprint density at radius 2 is 1.38 bits per heavy atom. The van der Waals surface area contributed by atoms with Gasteiger partial charge in [0, 0.05) is 16.6 Å². The summed E-state index contributed by atoms with van der Waals surface area (Å²) in [7, 11) is 0. The minimum atomic E-state index is -0.387. The van der Waals surface area contributed by atoms with Crippen molar-refractivity contribution in [2.75, 3.05) is 13.2 Å². The summed E-state index contributed by atoms with van der Waals surface area (Å²) in [5.41, 5.74) is 0.405. The third kappa shape index (κ3) is 5.22. The highest BCUT2D eigenvalue weighted by Gasteiger charge is 2.44. The van der Waals surface area contributed by atoms with Gasteiger partial charge in [-0.15, -0.1) is 0 Å². The predicted octanol–water partition coefficient (Wildman–Crippen LogP) is 4.45. The molecular weight excluding hydrogens is 304 g/mol. The number of hydrogen-bond donors (Lipinski definition) is 0. The lowest BCUT2D eigenvalue weighted by Crippen LogP contribution is -2.46. The monoisotopic (exact) mass is 336 g/mol. The molecule has 0 N–H and O–H groups in total. The molecule has 136 valence electrons. The summed E-state index contributed by atoms with van der Waals surface area (Å²) in [5.74, 6) is -0.178. The van der Waals surface area contributed by atoms with Crippen LogP contribution < -0.4 is 0 Å². The molecule has 0 aliphatic heterocycles. The summed E-state index contributed by atoms with van der Waals surface area (Å²) in [4.78, 5) is 23.8. The fraction of sp³-hybridized carbons (Fsp3) is 0.700. The van der Waals surface area contributed by atoms with E-state index in [-0.39, 0.29) is 36.5 Å². The van der Waals surface area contributed by atoms with Crippen LogP contribution in [0.25, 0.3) is 0 Å². The quantitative estimate of drug-likeness (QED) is 0.485. The van der Waals surface area contributed by atoms with Crippen LogP contribution >= 0.6 is 0 Å². The number of ether oxygens (including phenoxy) is 2. The van der Waals surface area contributed by atoms with Crippen molar-refractivity contribution in [3.8, 4) is 0 Å². The third-order valence-electron chi connectivity index (χ3n) is 5.21. The zero-order valence-corrected chi connectivity index (χ0v) is 15.7. The van der Waals surface area contributed by atoms with Crippen LogP contribution in [0.2, 0.25) is 0 Å². The first-order valence-electron chi connectivity index (χ1n) is 8.86. The van der Waals surface area contributed by atoms with Gasteiger partial charge in [-0.1, -0.05) is 46.3 Å². The van der Waals surface area contributed by atoms with E-state index in [0.29, 0.717) is 17.1 Å². The van der Waals surface area contributed by atoms with Crippen LogP contribution in [0.5, 0.6) is 0 Å². The molecule has 1 aliphatic rings. The SMILES string of the molecule is C=C(C)C(=O)OCC(COC(=O)C(=C)C)(C(C)C)C1CCCCC1. The topological polar surface area (TPSA) is 52.6 Å². The molecule has 1 aliphatic carbocycles. The van der Waals surface area contributed by atoms with E-state index < -0.39 is 0 Å². The van der Waals surface area contributed by atoms with Gasteiger partial charge < -0.3 is 9.47 Å². The van der Waals surface area contributed by atoms with Gasteiger partial charge in [-0.05, 0) is 38.5 Å². The van der Waals surface area contributed by atoms with Crippen molar-refractivity contribution in [1.29, 1.82) is 0 Å². The van der Waals surface area contributed by atoms with E-state index in [1.807, 2.05) is 0 Å². The van der Waals surface area contributed by atoms with Crippen LogP contribution in [0.3, 0.4) is 0 Å². The van der Waals surface area contributed by atoms with Crippen LogP contribution in [0.1, 0.15) is 59.8 Å². The molecule has 0 radical (unpaired) electrons. The second kappa shape index (κ2) is 9.05. The van der Waals surface area contributed by atoms with Crippen molar-refractivity contribution in [1.82, 2.24) is 0 Å². The van der Waals surface area contributed by atoms with Gasteiger partial charge in [0.25, 0.3) is 0 Å². The second-order valence-electron chi connectivity index (χ2n) is 7.44. The summed E-state index contributed by atoms with van der Waals surface area (Å²) in [6.45, 7) is 15.3. The fourth-order valence-corrected chi connectivity index (χ4v) is 3.41. The minimum absolute atomic E-state index is 0.219. The van der Waals surface area contributed by atoms with Gasteiger partial charge in [0.1, 0.15) is 13.2 Å². The summed E-state index contributed by atoms with van der Waals surface area (Å²) in [6.07, 6.45) is 5.73. The molecule has 4 heteroatoms. The van der Waals surface area contributed by atoms with Crippen molar-refractivity contribution in [3.63, 3.8) is 0 Å². The van der Waals surface area contributed by atoms with Crippen LogP contribution in [-0.2, 0) is 19.1 Å². The van der Waals surface area contributed by atoms with E-state index in [4.69, 9.17) is 9.47 Å². The average Bonchev–Trinajstić information content (AvgIpc) is 2.54. The summed E-state index contributed by atoms with van der Waals surface area (Å²) in [5, 5.41) is 0. The third-order valence-corrected chi connectivity index (χ3v) is 5.21. The maximum absolute atomic E-state index is 11.9. The molecule has 0 bridgehead atoms. The van der Waals surface area contributed by atoms with Gasteiger partial charge in [0.15, 0.2) is 0 Å². The van der Waals surface area contributed by atoms with Crippen LogP contribution in [0.4, 0.5) is 0 Å². The van der Waals surface area contributed by atoms with Crippen LogP contribution in [0, 0.1) is 17.3 Å². The Morgan fingerprint density at radius 3 is 1.71 bits per heavy atom. The second-order valence-corrected chi connectivity index (χ2v) is 7.44. The molecular formula is C20H32O4. The maximum Gasteiger partial charge on any atom is 0.333 e. The van der Waals surface area contributed by atoms with E-state index in [0.717, 1.165) is 12.8 Å². The Kier molecular flexibility index (Phi) is 7.71. The van der Waals surface area contributed by atoms with Crippen molar-refractivity contribution in [2.24, 2.45) is 17.3 Å². The molecule has 0 spiro atoms. The molecule has 1 saturated carbocycles. The van der Waals surface area contributed by atoms with E-state index >= 15 is 0 Å². The molecule has 0 unspecified atom stereocenters. The molecule has 0 heterocycles. The number of rotatable bonds is 8. The van der Waals surface area contributed by atoms with Crippen molar-refractivity contribution < 1.29 is 19.1 Å². The summed E-state index contributed by atoms with van der Waals surface area (Å²) >= 11 is 0. The number of carbonyl (C=O) groups is 2. The summed E-state index contributed by atoms with van der Waals surface area (Å²) < 4.78 is 11.0. The van der Waals surface area contributed by atoms with Crippen molar-refractivity contribution >= 4 is 11.9 Å². The lowest BCUT2D eigenvalue weighted by molar-refractivity contribution is -0.157. The van der Waals surface area contributed by atoms with Crippen LogP contribution in [0.15, 0.2) is 24.3 Å². The molecule has 0 aromatic carbocycles. The number of esters is 2. The number of hydrogen-bond acceptors (Lipinski definition) is 4. The van der Waals surface area contributed by atoms with E-state index in [1.165, 1.54) is 19.3 Å². The molecule has 1 rings (SSSR count). The highest BCUT2D eigenvalue weighted by atomic mass is 16.5. The van der Waals surface area contributed by atoms with Crippen molar-refractivity contribution in [3.05, 3.63) is 24.3 Å². The zero-order valence-electron chi connectivity index (χ0n) is 15.7. The standard InChI is InChI=1S/C20H32O4/c1-14(2)18(21)23-12-20(16(5)6,13-24-19(22)15(3)4)17-10-8-7-9-11-17/h16-17H,1,3,7-13H2,2,4-6H3. The molecule has 0 aromatic rings. The Hall–Kier alpha value is -1.58. The highest BCUT2D eigenvalue weighted by Crippen LogP contribution is 2.44. The maximum atomic E-state index is 11.9. The minimum Gasteiger partial charge on any atom is -0.462 e. The van der Waals surface area contributed by atoms with E-state index in [2.05, 4.69) is 27.0 Å². The molecule has 1 fully saturated rings. The van der Waals surface area contributed by atoms with Gasteiger partial charge >= 0.3 is 11.9 Å². The Morgan fingerprint density at radius 1 is 0.958 bits per heavy atom. The highest BCUT2D eigenvalue weighted by molar-refractivity contribution is 5.87. The zero-order chi connectivity index (χ0) is 18.3. The van der Waals surface area contributed by atoms with Gasteiger partial charge in [-0.3, -0.25) is 0 Å². The van der Waals surface area contributed by atoms with Gasteiger partial charge in [0.05, 0.1) is 0 Å². The number of carbonyl (C=O) groups excluding carboxylic acids is 2. The lowest BCUT2D eigenvalue weighted by atomic mass is 9.63. The predicted molar refractivity (Wildman–Crippen MR) is 95.4 cm³/mol. The van der Waals surface area contributed by atoms with E-state index in [1.54, 1.807) is 13.8 Å². The molecule has 0 atom stereocenters. The molecule has 0 saturated heterocycles. The van der Waals surface area contributed by atoms with Crippen molar-refractivity contribution in [2.45, 2.75) is 59.8 Å². The first-order valence-corrected chi connectivity index (χ1v) is 8.86. The first kappa shape index (κ1) is 20.5. The van der Waals surface area contributed by atoms with Gasteiger partial charge in [0.2, 0.25) is 0 Å². The van der Waals surface area contributed by atoms with E-state index in [9.17, 15) is 9.59 Å². The molecule has 4 nitrogen and oxygen atoms in total. The average molecular weight is 336 g/mol. The largest absolute Gasteiger partial charge is 0.462 e. The smallest absolute Gasteiger partial charge is 0.333 e. The molecule has 0 amide bonds. The Bertz CT molecular complexity index is 454. The summed E-state index contributed by atoms with van der Waals surface area (Å²) in [6, 6.07) is 0. The normalized spacial score (nSPS) is 15.9. The molecule has 24 heavy (non-hydrogen) atoms. The Labute approximate surface area is 146 Å². The van der Waals surface area contributed by atoms with Crippen LogP contribution in [-0.4, -0.2) is 25.2 Å². The first-order chi connectivity index (χ1) is 11.2. The van der Waals surface area contributed by atoms with Gasteiger partial charge in [-0.25, -0.2) is 9.59 Å². The molecule has 0 aromatic heterocycles. The van der Waals surface area contributed by atoms with Gasteiger partial charge in [-0.2, -0.15) is 0 Å². The lowest BCUT2D eigenvalue weighted by Gasteiger charge is -2.44. The fourth-order valence-electron chi connectivity index (χ4n) is 3.41.